The molecule has 0 spiro atoms. The first-order chi connectivity index (χ1) is 11.9. The van der Waals surface area contributed by atoms with Gasteiger partial charge in [-0.25, -0.2) is 0 Å². The van der Waals surface area contributed by atoms with Crippen molar-refractivity contribution in [2.45, 2.75) is 26.4 Å². The van der Waals surface area contributed by atoms with Crippen molar-refractivity contribution < 1.29 is 19.8 Å². The predicted octanol–water partition coefficient (Wildman–Crippen LogP) is 2.24. The molecule has 2 aromatic rings. The van der Waals surface area contributed by atoms with Gasteiger partial charge in [0, 0.05) is 19.2 Å². The van der Waals surface area contributed by atoms with Crippen molar-refractivity contribution >= 4 is 11.8 Å². The molecule has 0 aliphatic carbocycles. The first-order valence-corrected chi connectivity index (χ1v) is 8.13. The lowest BCUT2D eigenvalue weighted by Crippen LogP contribution is -2.39. The van der Waals surface area contributed by atoms with E-state index in [1.54, 1.807) is 6.92 Å². The minimum absolute atomic E-state index is 0.0670. The summed E-state index contributed by atoms with van der Waals surface area (Å²) in [5.74, 6) is -1.10. The number of aryl methyl sites for hydroxylation is 1. The fourth-order valence-corrected chi connectivity index (χ4v) is 3.14. The number of aromatic hydroxyl groups is 2. The average Bonchev–Trinajstić information content (AvgIpc) is 2.97. The number of amides is 2. The van der Waals surface area contributed by atoms with E-state index < -0.39 is 11.9 Å². The van der Waals surface area contributed by atoms with Gasteiger partial charge in [0.05, 0.1) is 5.56 Å². The third kappa shape index (κ3) is 2.91. The van der Waals surface area contributed by atoms with Gasteiger partial charge >= 0.3 is 0 Å². The van der Waals surface area contributed by atoms with Gasteiger partial charge in [-0.15, -0.1) is 0 Å². The van der Waals surface area contributed by atoms with Gasteiger partial charge in [-0.2, -0.15) is 0 Å². The van der Waals surface area contributed by atoms with E-state index in [9.17, 15) is 19.8 Å². The van der Waals surface area contributed by atoms with Gasteiger partial charge in [-0.05, 0) is 36.6 Å². The summed E-state index contributed by atoms with van der Waals surface area (Å²) in [7, 11) is 0. The van der Waals surface area contributed by atoms with Gasteiger partial charge in [0.15, 0.2) is 0 Å². The summed E-state index contributed by atoms with van der Waals surface area (Å²) in [6, 6.07) is 9.27. The van der Waals surface area contributed by atoms with Crippen LogP contribution in [-0.2, 0) is 11.3 Å². The van der Waals surface area contributed by atoms with Crippen LogP contribution in [0.5, 0.6) is 11.5 Å². The molecule has 2 aromatic carbocycles. The maximum atomic E-state index is 13.0. The molecular formula is C19H20N2O4. The van der Waals surface area contributed by atoms with Crippen LogP contribution in [0, 0.1) is 6.92 Å². The second-order valence-corrected chi connectivity index (χ2v) is 6.08. The first kappa shape index (κ1) is 16.8. The SMILES string of the molecule is CCNC(=O)C1c2ccccc2CN1C(=O)c1cc(C)c(O)cc1O. The Balaban J connectivity index is 2.02. The lowest BCUT2D eigenvalue weighted by molar-refractivity contribution is -0.125. The Labute approximate surface area is 145 Å². The summed E-state index contributed by atoms with van der Waals surface area (Å²) in [5, 5.41) is 22.5. The second kappa shape index (κ2) is 6.47. The molecule has 25 heavy (non-hydrogen) atoms. The molecule has 0 saturated carbocycles. The predicted molar refractivity (Wildman–Crippen MR) is 92.2 cm³/mol. The van der Waals surface area contributed by atoms with Crippen LogP contribution in [-0.4, -0.2) is 33.5 Å². The van der Waals surface area contributed by atoms with Gasteiger partial charge in [-0.3, -0.25) is 9.59 Å². The number of nitrogens with zero attached hydrogens (tertiary/aromatic N) is 1. The summed E-state index contributed by atoms with van der Waals surface area (Å²) >= 11 is 0. The van der Waals surface area contributed by atoms with Gasteiger partial charge in [0.25, 0.3) is 5.91 Å². The molecule has 2 amide bonds. The van der Waals surface area contributed by atoms with Crippen LogP contribution in [0.2, 0.25) is 0 Å². The van der Waals surface area contributed by atoms with Crippen LogP contribution >= 0.6 is 0 Å². The molecule has 6 heteroatoms. The Morgan fingerprint density at radius 3 is 2.64 bits per heavy atom. The Bertz CT molecular complexity index is 847. The van der Waals surface area contributed by atoms with Crippen molar-refractivity contribution in [2.24, 2.45) is 0 Å². The monoisotopic (exact) mass is 340 g/mol. The highest BCUT2D eigenvalue weighted by Crippen LogP contribution is 2.37. The molecule has 0 saturated heterocycles. The minimum atomic E-state index is -0.739. The van der Waals surface area contributed by atoms with Gasteiger partial charge in [-0.1, -0.05) is 24.3 Å². The van der Waals surface area contributed by atoms with Crippen molar-refractivity contribution in [1.29, 1.82) is 0 Å². The summed E-state index contributed by atoms with van der Waals surface area (Å²) in [5.41, 5.74) is 2.24. The van der Waals surface area contributed by atoms with Crippen LogP contribution in [0.3, 0.4) is 0 Å². The van der Waals surface area contributed by atoms with Crippen LogP contribution in [0.25, 0.3) is 0 Å². The number of hydrogen-bond donors (Lipinski definition) is 3. The van der Waals surface area contributed by atoms with Gasteiger partial charge in [0.1, 0.15) is 17.5 Å². The number of nitrogens with one attached hydrogen (secondary N) is 1. The zero-order valence-electron chi connectivity index (χ0n) is 14.1. The van der Waals surface area contributed by atoms with Crippen LogP contribution in [0.4, 0.5) is 0 Å². The Morgan fingerprint density at radius 1 is 1.20 bits per heavy atom. The lowest BCUT2D eigenvalue weighted by atomic mass is 10.0. The largest absolute Gasteiger partial charge is 0.508 e. The summed E-state index contributed by atoms with van der Waals surface area (Å²) in [6.45, 7) is 4.21. The number of fused-ring (bicyclic) bond motifs is 1. The molecule has 0 bridgehead atoms. The molecule has 0 aromatic heterocycles. The molecule has 6 nitrogen and oxygen atoms in total. The highest BCUT2D eigenvalue weighted by Gasteiger charge is 2.39. The van der Waals surface area contributed by atoms with Crippen molar-refractivity contribution in [3.63, 3.8) is 0 Å². The van der Waals surface area contributed by atoms with E-state index in [2.05, 4.69) is 5.32 Å². The van der Waals surface area contributed by atoms with Crippen molar-refractivity contribution in [3.05, 3.63) is 58.7 Å². The maximum Gasteiger partial charge on any atom is 0.258 e. The standard InChI is InChI=1S/C19H20N2O4/c1-3-20-18(24)17-13-7-5-4-6-12(13)10-21(17)19(25)14-8-11(2)15(22)9-16(14)23/h4-9,17,22-23H,3,10H2,1-2H3,(H,20,24). The molecule has 1 heterocycles. The molecule has 1 aliphatic heterocycles. The average molecular weight is 340 g/mol. The smallest absolute Gasteiger partial charge is 0.258 e. The lowest BCUT2D eigenvalue weighted by Gasteiger charge is -2.25. The summed E-state index contributed by atoms with van der Waals surface area (Å²) < 4.78 is 0. The van der Waals surface area contributed by atoms with E-state index in [0.717, 1.165) is 17.2 Å². The Morgan fingerprint density at radius 2 is 1.92 bits per heavy atom. The minimum Gasteiger partial charge on any atom is -0.508 e. The first-order valence-electron chi connectivity index (χ1n) is 8.13. The molecule has 1 unspecified atom stereocenters. The number of likely N-dealkylation sites (N-methyl/N-ethyl adjacent to an activating group) is 1. The number of hydrogen-bond acceptors (Lipinski definition) is 4. The molecule has 3 rings (SSSR count). The summed E-state index contributed by atoms with van der Waals surface area (Å²) in [4.78, 5) is 27.0. The fraction of sp³-hybridized carbons (Fsp3) is 0.263. The third-order valence-corrected chi connectivity index (χ3v) is 4.41. The van der Waals surface area contributed by atoms with E-state index >= 15 is 0 Å². The van der Waals surface area contributed by atoms with E-state index in [0.29, 0.717) is 12.1 Å². The number of rotatable bonds is 3. The molecular weight excluding hydrogens is 320 g/mol. The van der Waals surface area contributed by atoms with Crippen LogP contribution < -0.4 is 5.32 Å². The highest BCUT2D eigenvalue weighted by atomic mass is 16.3. The molecule has 130 valence electrons. The second-order valence-electron chi connectivity index (χ2n) is 6.08. The number of phenolic OH excluding ortho intramolecular Hbond substituents is 2. The number of benzene rings is 2. The van der Waals surface area contributed by atoms with Gasteiger partial charge < -0.3 is 20.4 Å². The van der Waals surface area contributed by atoms with Crippen LogP contribution in [0.1, 0.15) is 40.0 Å². The molecule has 3 N–H and O–H groups in total. The third-order valence-electron chi connectivity index (χ3n) is 4.41. The van der Waals surface area contributed by atoms with Crippen molar-refractivity contribution in [1.82, 2.24) is 10.2 Å². The zero-order valence-corrected chi connectivity index (χ0v) is 14.1. The van der Waals surface area contributed by atoms with E-state index in [4.69, 9.17) is 0 Å². The van der Waals surface area contributed by atoms with Gasteiger partial charge in [0.2, 0.25) is 5.91 Å². The normalized spacial score (nSPS) is 15.8. The fourth-order valence-electron chi connectivity index (χ4n) is 3.14. The topological polar surface area (TPSA) is 89.9 Å². The molecule has 1 aliphatic rings. The molecule has 1 atom stereocenters. The van der Waals surface area contributed by atoms with E-state index in [-0.39, 0.29) is 29.5 Å². The maximum absolute atomic E-state index is 13.0. The Kier molecular flexibility index (Phi) is 4.35. The Hall–Kier alpha value is -3.02. The van der Waals surface area contributed by atoms with E-state index in [1.807, 2.05) is 31.2 Å². The number of phenols is 2. The number of carbonyl (C=O) groups is 2. The van der Waals surface area contributed by atoms with Crippen molar-refractivity contribution in [3.8, 4) is 11.5 Å². The summed E-state index contributed by atoms with van der Waals surface area (Å²) in [6.07, 6.45) is 0. The van der Waals surface area contributed by atoms with Crippen LogP contribution in [0.15, 0.2) is 36.4 Å². The molecule has 0 radical (unpaired) electrons. The number of carbonyl (C=O) groups excluding carboxylic acids is 2. The quantitative estimate of drug-likeness (QED) is 0.799. The molecule has 0 fully saturated rings. The zero-order chi connectivity index (χ0) is 18.1. The van der Waals surface area contributed by atoms with Crippen molar-refractivity contribution in [2.75, 3.05) is 6.54 Å². The highest BCUT2D eigenvalue weighted by molar-refractivity contribution is 6.01. The van der Waals surface area contributed by atoms with E-state index in [1.165, 1.54) is 11.0 Å².